The lowest BCUT2D eigenvalue weighted by molar-refractivity contribution is 1.40. The lowest BCUT2D eigenvalue weighted by Gasteiger charge is -2.09. The topological polar surface area (TPSA) is 24.7 Å². The van der Waals surface area contributed by atoms with Crippen LogP contribution in [-0.2, 0) is 0 Å². The molecule has 0 amide bonds. The molecule has 0 fully saturated rings. The second kappa shape index (κ2) is 9.29. The first-order valence-electron chi connectivity index (χ1n) is 7.07. The summed E-state index contributed by atoms with van der Waals surface area (Å²) in [5.74, 6) is 0. The first-order chi connectivity index (χ1) is 10.9. The van der Waals surface area contributed by atoms with E-state index < -0.39 is 0 Å². The summed E-state index contributed by atoms with van der Waals surface area (Å²) in [6.45, 7) is 13.4. The average Bonchev–Trinajstić information content (AvgIpc) is 2.49. The van der Waals surface area contributed by atoms with Gasteiger partial charge in [0.1, 0.15) is 5.17 Å². The number of benzene rings is 1. The van der Waals surface area contributed by atoms with Crippen LogP contribution in [0.2, 0.25) is 0 Å². The van der Waals surface area contributed by atoms with Crippen LogP contribution in [0, 0.1) is 6.92 Å². The third-order valence-electron chi connectivity index (χ3n) is 2.96. The lowest BCUT2D eigenvalue weighted by Crippen LogP contribution is -1.98. The fourth-order valence-electron chi connectivity index (χ4n) is 1.72. The zero-order valence-electron chi connectivity index (χ0n) is 13.6. The smallest absolute Gasteiger partial charge is 0.138 e. The Morgan fingerprint density at radius 2 is 1.74 bits per heavy atom. The summed E-state index contributed by atoms with van der Waals surface area (Å²) in [6, 6.07) is 7.91. The average molecular weight is 347 g/mol. The zero-order valence-corrected chi connectivity index (χ0v) is 15.1. The summed E-state index contributed by atoms with van der Waals surface area (Å²) in [6.07, 6.45) is 5.06. The maximum atomic E-state index is 6.36. The molecule has 2 nitrogen and oxygen atoms in total. The summed E-state index contributed by atoms with van der Waals surface area (Å²) >= 11 is 12.6. The molecule has 0 saturated heterocycles. The molecule has 0 aromatic heterocycles. The summed E-state index contributed by atoms with van der Waals surface area (Å²) in [5.41, 5.74) is 3.75. The fourth-order valence-corrected chi connectivity index (χ4v) is 2.32. The van der Waals surface area contributed by atoms with Crippen molar-refractivity contribution in [3.8, 4) is 0 Å². The van der Waals surface area contributed by atoms with Gasteiger partial charge in [0.15, 0.2) is 0 Å². The van der Waals surface area contributed by atoms with E-state index in [9.17, 15) is 0 Å². The predicted octanol–water partition coefficient (Wildman–Crippen LogP) is 6.28. The minimum atomic E-state index is 0.270. The fraction of sp³-hybridized carbons (Fsp3) is 0.158. The van der Waals surface area contributed by atoms with E-state index in [0.717, 1.165) is 11.1 Å². The number of hydrogen-bond donors (Lipinski definition) is 0. The van der Waals surface area contributed by atoms with Gasteiger partial charge in [0.05, 0.1) is 5.70 Å². The Hall–Kier alpha value is -1.90. The molecule has 0 atom stereocenters. The molecule has 0 radical (unpaired) electrons. The Labute approximate surface area is 148 Å². The van der Waals surface area contributed by atoms with Gasteiger partial charge in [-0.15, -0.1) is 0 Å². The van der Waals surface area contributed by atoms with Gasteiger partial charge in [-0.25, -0.2) is 4.99 Å². The molecule has 0 N–H and O–H groups in total. The van der Waals surface area contributed by atoms with Gasteiger partial charge >= 0.3 is 0 Å². The number of rotatable bonds is 6. The van der Waals surface area contributed by atoms with E-state index in [1.54, 1.807) is 19.3 Å². The SMILES string of the molecule is C=C(C=N/C=C\C)C(=C)N=C(Cl)/C(=C(\C)Cl)c1ccc(C)cc1. The van der Waals surface area contributed by atoms with E-state index in [4.69, 9.17) is 23.2 Å². The molecule has 0 saturated carbocycles. The molecular weight excluding hydrogens is 327 g/mol. The molecule has 120 valence electrons. The second-order valence-corrected chi connectivity index (χ2v) is 5.83. The highest BCUT2D eigenvalue weighted by molar-refractivity contribution is 6.77. The van der Waals surface area contributed by atoms with Crippen molar-refractivity contribution in [2.45, 2.75) is 20.8 Å². The third kappa shape index (κ3) is 6.01. The summed E-state index contributed by atoms with van der Waals surface area (Å²) < 4.78 is 0. The van der Waals surface area contributed by atoms with Gasteiger partial charge in [-0.3, -0.25) is 4.99 Å². The van der Waals surface area contributed by atoms with Crippen LogP contribution >= 0.6 is 23.2 Å². The first kappa shape index (κ1) is 19.1. The maximum absolute atomic E-state index is 6.36. The lowest BCUT2D eigenvalue weighted by atomic mass is 10.0. The monoisotopic (exact) mass is 346 g/mol. The number of aryl methyl sites for hydroxylation is 1. The van der Waals surface area contributed by atoms with Crippen molar-refractivity contribution in [2.75, 3.05) is 0 Å². The minimum Gasteiger partial charge on any atom is -0.264 e. The summed E-state index contributed by atoms with van der Waals surface area (Å²) in [5, 5.41) is 0.829. The van der Waals surface area contributed by atoms with Crippen LogP contribution in [0.4, 0.5) is 0 Å². The highest BCUT2D eigenvalue weighted by Gasteiger charge is 2.11. The van der Waals surface area contributed by atoms with Gasteiger partial charge in [0.2, 0.25) is 0 Å². The van der Waals surface area contributed by atoms with E-state index in [0.29, 0.717) is 21.9 Å². The van der Waals surface area contributed by atoms with Gasteiger partial charge in [-0.05, 0) is 26.3 Å². The molecule has 0 unspecified atom stereocenters. The molecule has 1 aromatic carbocycles. The van der Waals surface area contributed by atoms with Gasteiger partial charge in [-0.2, -0.15) is 0 Å². The van der Waals surface area contributed by atoms with Crippen LogP contribution in [-0.4, -0.2) is 11.4 Å². The number of allylic oxidation sites excluding steroid dienone is 4. The number of aliphatic imine (C=N–C) groups is 2. The predicted molar refractivity (Wildman–Crippen MR) is 105 cm³/mol. The third-order valence-corrected chi connectivity index (χ3v) is 3.42. The minimum absolute atomic E-state index is 0.270. The van der Waals surface area contributed by atoms with Crippen molar-refractivity contribution < 1.29 is 0 Å². The van der Waals surface area contributed by atoms with Crippen molar-refractivity contribution >= 4 is 40.2 Å². The quantitative estimate of drug-likeness (QED) is 0.428. The van der Waals surface area contributed by atoms with Crippen molar-refractivity contribution in [3.05, 3.63) is 77.1 Å². The van der Waals surface area contributed by atoms with E-state index in [1.807, 2.05) is 44.2 Å². The molecule has 4 heteroatoms. The van der Waals surface area contributed by atoms with Gasteiger partial charge in [0.25, 0.3) is 0 Å². The first-order valence-corrected chi connectivity index (χ1v) is 7.83. The van der Waals surface area contributed by atoms with Crippen LogP contribution in [0.15, 0.2) is 76.0 Å². The molecule has 0 heterocycles. The van der Waals surface area contributed by atoms with E-state index >= 15 is 0 Å². The zero-order chi connectivity index (χ0) is 17.4. The number of hydrogen-bond acceptors (Lipinski definition) is 2. The molecule has 1 rings (SSSR count). The standard InChI is InChI=1S/C19H20Cl2N2/c1-6-11-22-12-14(3)16(5)23-19(21)18(15(4)20)17-9-7-13(2)8-10-17/h6-12H,3,5H2,1-2,4H3/b11-6-,18-15+,22-12?,23-19?. The molecule has 0 bridgehead atoms. The summed E-state index contributed by atoms with van der Waals surface area (Å²) in [7, 11) is 0. The molecule has 23 heavy (non-hydrogen) atoms. The van der Waals surface area contributed by atoms with E-state index in [1.165, 1.54) is 0 Å². The van der Waals surface area contributed by atoms with Gasteiger partial charge < -0.3 is 0 Å². The molecule has 0 aliphatic rings. The van der Waals surface area contributed by atoms with Crippen molar-refractivity contribution in [2.24, 2.45) is 9.98 Å². The molecule has 0 aliphatic heterocycles. The van der Waals surface area contributed by atoms with E-state index in [2.05, 4.69) is 23.1 Å². The van der Waals surface area contributed by atoms with Crippen LogP contribution in [0.25, 0.3) is 5.57 Å². The normalized spacial score (nSPS) is 13.5. The molecular formula is C19H20Cl2N2. The molecule has 1 aromatic rings. The second-order valence-electron chi connectivity index (χ2n) is 4.91. The Kier molecular flexibility index (Phi) is 7.73. The van der Waals surface area contributed by atoms with Crippen LogP contribution in [0.1, 0.15) is 25.0 Å². The van der Waals surface area contributed by atoms with Crippen molar-refractivity contribution in [3.63, 3.8) is 0 Å². The van der Waals surface area contributed by atoms with Gasteiger partial charge in [0, 0.05) is 28.6 Å². The Balaban J connectivity index is 3.10. The number of halogens is 2. The number of nitrogens with zero attached hydrogens (tertiary/aromatic N) is 2. The Morgan fingerprint density at radius 1 is 1.13 bits per heavy atom. The van der Waals surface area contributed by atoms with Crippen LogP contribution in [0.3, 0.4) is 0 Å². The van der Waals surface area contributed by atoms with Gasteiger partial charge in [-0.1, -0.05) is 72.3 Å². The molecule has 0 spiro atoms. The van der Waals surface area contributed by atoms with Crippen molar-refractivity contribution in [1.29, 1.82) is 0 Å². The Morgan fingerprint density at radius 3 is 2.26 bits per heavy atom. The largest absolute Gasteiger partial charge is 0.264 e. The summed E-state index contributed by atoms with van der Waals surface area (Å²) in [4.78, 5) is 8.36. The molecule has 0 aliphatic carbocycles. The highest BCUT2D eigenvalue weighted by Crippen LogP contribution is 2.26. The van der Waals surface area contributed by atoms with Crippen molar-refractivity contribution in [1.82, 2.24) is 0 Å². The Bertz CT molecular complexity index is 701. The van der Waals surface area contributed by atoms with Crippen LogP contribution < -0.4 is 0 Å². The highest BCUT2D eigenvalue weighted by atomic mass is 35.5. The maximum Gasteiger partial charge on any atom is 0.138 e. The van der Waals surface area contributed by atoms with Crippen LogP contribution in [0.5, 0.6) is 0 Å². The van der Waals surface area contributed by atoms with E-state index in [-0.39, 0.29) is 5.17 Å².